The van der Waals surface area contributed by atoms with Crippen LogP contribution in [0.3, 0.4) is 0 Å². The number of carbonyl (C=O) groups is 1. The van der Waals surface area contributed by atoms with Crippen LogP contribution in [0, 0.1) is 0 Å². The lowest BCUT2D eigenvalue weighted by atomic mass is 10.1. The molecule has 2 aromatic heterocycles. The lowest BCUT2D eigenvalue weighted by Gasteiger charge is -2.00. The fourth-order valence-corrected chi connectivity index (χ4v) is 2.18. The van der Waals surface area contributed by atoms with Gasteiger partial charge in [-0.2, -0.15) is 10.2 Å². The van der Waals surface area contributed by atoms with E-state index in [2.05, 4.69) is 10.2 Å². The fraction of sp³-hybridized carbons (Fsp3) is 0.188. The van der Waals surface area contributed by atoms with Crippen LogP contribution in [-0.4, -0.2) is 25.3 Å². The SMILES string of the molecule is Cn1cc(CCC(=O)c2ccn(-c3ccccc3)n2)cn1. The molecule has 5 heteroatoms. The van der Waals surface area contributed by atoms with Crippen LogP contribution >= 0.6 is 0 Å². The van der Waals surface area contributed by atoms with Gasteiger partial charge in [-0.05, 0) is 30.2 Å². The van der Waals surface area contributed by atoms with Gasteiger partial charge in [0.15, 0.2) is 5.78 Å². The first-order valence-electron chi connectivity index (χ1n) is 6.84. The monoisotopic (exact) mass is 280 g/mol. The Hall–Kier alpha value is -2.69. The molecule has 0 aliphatic rings. The highest BCUT2D eigenvalue weighted by Crippen LogP contribution is 2.10. The summed E-state index contributed by atoms with van der Waals surface area (Å²) >= 11 is 0. The molecule has 0 aliphatic carbocycles. The highest BCUT2D eigenvalue weighted by Gasteiger charge is 2.11. The van der Waals surface area contributed by atoms with E-state index in [9.17, 15) is 4.79 Å². The molecular formula is C16H16N4O. The minimum absolute atomic E-state index is 0.0496. The number of hydrogen-bond donors (Lipinski definition) is 0. The van der Waals surface area contributed by atoms with Crippen molar-refractivity contribution in [3.05, 3.63) is 66.2 Å². The molecule has 0 atom stereocenters. The van der Waals surface area contributed by atoms with Crippen LogP contribution < -0.4 is 0 Å². The van der Waals surface area contributed by atoms with E-state index in [0.717, 1.165) is 11.3 Å². The van der Waals surface area contributed by atoms with E-state index < -0.39 is 0 Å². The standard InChI is InChI=1S/C16H16N4O/c1-19-12-13(11-17-19)7-8-16(21)15-9-10-20(18-15)14-5-3-2-4-6-14/h2-6,9-12H,7-8H2,1H3. The van der Waals surface area contributed by atoms with Crippen molar-refractivity contribution in [2.45, 2.75) is 12.8 Å². The van der Waals surface area contributed by atoms with Crippen LogP contribution in [0.5, 0.6) is 0 Å². The van der Waals surface area contributed by atoms with Gasteiger partial charge in [-0.25, -0.2) is 4.68 Å². The molecule has 0 saturated heterocycles. The lowest BCUT2D eigenvalue weighted by molar-refractivity contribution is 0.0977. The van der Waals surface area contributed by atoms with Crippen molar-refractivity contribution >= 4 is 5.78 Å². The molecule has 0 bridgehead atoms. The predicted molar refractivity (Wildman–Crippen MR) is 79.4 cm³/mol. The summed E-state index contributed by atoms with van der Waals surface area (Å²) in [7, 11) is 1.87. The molecule has 0 fully saturated rings. The van der Waals surface area contributed by atoms with Gasteiger partial charge in [0, 0.05) is 25.9 Å². The summed E-state index contributed by atoms with van der Waals surface area (Å²) in [6, 6.07) is 11.5. The average Bonchev–Trinajstić information content (AvgIpc) is 3.15. The van der Waals surface area contributed by atoms with Gasteiger partial charge < -0.3 is 0 Å². The van der Waals surface area contributed by atoms with Gasteiger partial charge in [-0.1, -0.05) is 18.2 Å². The number of benzene rings is 1. The van der Waals surface area contributed by atoms with E-state index in [1.54, 1.807) is 21.6 Å². The smallest absolute Gasteiger partial charge is 0.183 e. The van der Waals surface area contributed by atoms with Crippen LogP contribution in [0.25, 0.3) is 5.69 Å². The van der Waals surface area contributed by atoms with E-state index in [1.165, 1.54) is 0 Å². The van der Waals surface area contributed by atoms with Crippen LogP contribution in [-0.2, 0) is 13.5 Å². The highest BCUT2D eigenvalue weighted by molar-refractivity contribution is 5.94. The number of para-hydroxylation sites is 1. The van der Waals surface area contributed by atoms with Crippen LogP contribution in [0.15, 0.2) is 55.0 Å². The number of ketones is 1. The maximum absolute atomic E-state index is 12.2. The predicted octanol–water partition coefficient (Wildman–Crippen LogP) is 2.42. The molecule has 21 heavy (non-hydrogen) atoms. The third kappa shape index (κ3) is 3.08. The molecule has 0 spiro atoms. The zero-order valence-electron chi connectivity index (χ0n) is 11.8. The van der Waals surface area contributed by atoms with Crippen molar-refractivity contribution in [2.75, 3.05) is 0 Å². The van der Waals surface area contributed by atoms with E-state index >= 15 is 0 Å². The number of aryl methyl sites for hydroxylation is 2. The maximum Gasteiger partial charge on any atom is 0.183 e. The van der Waals surface area contributed by atoms with Gasteiger partial charge in [-0.3, -0.25) is 9.48 Å². The molecule has 0 amide bonds. The Labute approximate surface area is 122 Å². The first-order valence-corrected chi connectivity index (χ1v) is 6.84. The largest absolute Gasteiger partial charge is 0.292 e. The van der Waals surface area contributed by atoms with Crippen LogP contribution in [0.1, 0.15) is 22.5 Å². The Kier molecular flexibility index (Phi) is 3.64. The average molecular weight is 280 g/mol. The van der Waals surface area contributed by atoms with Crippen molar-refractivity contribution < 1.29 is 4.79 Å². The molecule has 0 saturated carbocycles. The molecule has 3 rings (SSSR count). The molecule has 2 heterocycles. The number of nitrogens with zero attached hydrogens (tertiary/aromatic N) is 4. The Morgan fingerprint density at radius 1 is 1.19 bits per heavy atom. The van der Waals surface area contributed by atoms with E-state index in [4.69, 9.17) is 0 Å². The van der Waals surface area contributed by atoms with Crippen molar-refractivity contribution in [1.29, 1.82) is 0 Å². The van der Waals surface area contributed by atoms with Crippen LogP contribution in [0.2, 0.25) is 0 Å². The molecule has 0 N–H and O–H groups in total. The molecule has 0 unspecified atom stereocenters. The van der Waals surface area contributed by atoms with Gasteiger partial charge >= 0.3 is 0 Å². The molecule has 106 valence electrons. The van der Waals surface area contributed by atoms with Gasteiger partial charge in [0.1, 0.15) is 5.69 Å². The normalized spacial score (nSPS) is 10.7. The van der Waals surface area contributed by atoms with Crippen molar-refractivity contribution in [2.24, 2.45) is 7.05 Å². The second-order valence-electron chi connectivity index (χ2n) is 4.93. The highest BCUT2D eigenvalue weighted by atomic mass is 16.1. The number of aromatic nitrogens is 4. The van der Waals surface area contributed by atoms with Crippen molar-refractivity contribution in [1.82, 2.24) is 19.6 Å². The van der Waals surface area contributed by atoms with Crippen molar-refractivity contribution in [3.63, 3.8) is 0 Å². The molecule has 1 aromatic carbocycles. The van der Waals surface area contributed by atoms with Gasteiger partial charge in [-0.15, -0.1) is 0 Å². The second kappa shape index (κ2) is 5.75. The minimum Gasteiger partial charge on any atom is -0.292 e. The van der Waals surface area contributed by atoms with Gasteiger partial charge in [0.05, 0.1) is 11.9 Å². The minimum atomic E-state index is 0.0496. The number of carbonyl (C=O) groups excluding carboxylic acids is 1. The second-order valence-corrected chi connectivity index (χ2v) is 4.93. The summed E-state index contributed by atoms with van der Waals surface area (Å²) in [6.45, 7) is 0. The molecule has 0 radical (unpaired) electrons. The summed E-state index contributed by atoms with van der Waals surface area (Å²) in [4.78, 5) is 12.2. The third-order valence-electron chi connectivity index (χ3n) is 3.29. The fourth-order valence-electron chi connectivity index (χ4n) is 2.18. The zero-order valence-corrected chi connectivity index (χ0v) is 11.8. The van der Waals surface area contributed by atoms with Gasteiger partial charge in [0.2, 0.25) is 0 Å². The maximum atomic E-state index is 12.2. The topological polar surface area (TPSA) is 52.7 Å². The number of rotatable bonds is 5. The Balaban J connectivity index is 1.67. The first-order chi connectivity index (χ1) is 10.2. The summed E-state index contributed by atoms with van der Waals surface area (Å²) in [6.07, 6.45) is 6.65. The zero-order chi connectivity index (χ0) is 14.7. The third-order valence-corrected chi connectivity index (χ3v) is 3.29. The summed E-state index contributed by atoms with van der Waals surface area (Å²) in [5.74, 6) is 0.0496. The lowest BCUT2D eigenvalue weighted by Crippen LogP contribution is -2.03. The van der Waals surface area contributed by atoms with E-state index in [0.29, 0.717) is 18.5 Å². The van der Waals surface area contributed by atoms with Crippen molar-refractivity contribution in [3.8, 4) is 5.69 Å². The van der Waals surface area contributed by atoms with Crippen LogP contribution in [0.4, 0.5) is 0 Å². The quantitative estimate of drug-likeness (QED) is 0.674. The summed E-state index contributed by atoms with van der Waals surface area (Å²) in [5.41, 5.74) is 2.51. The van der Waals surface area contributed by atoms with Gasteiger partial charge in [0.25, 0.3) is 0 Å². The Bertz CT molecular complexity index is 742. The van der Waals surface area contributed by atoms with E-state index in [1.807, 2.05) is 49.8 Å². The molecule has 3 aromatic rings. The molecular weight excluding hydrogens is 264 g/mol. The summed E-state index contributed by atoms with van der Waals surface area (Å²) < 4.78 is 3.46. The summed E-state index contributed by atoms with van der Waals surface area (Å²) in [5, 5.41) is 8.44. The number of hydrogen-bond acceptors (Lipinski definition) is 3. The Morgan fingerprint density at radius 3 is 2.71 bits per heavy atom. The molecule has 0 aliphatic heterocycles. The molecule has 5 nitrogen and oxygen atoms in total. The number of Topliss-reactive ketones (excluding diaryl/α,β-unsaturated/α-hetero) is 1. The van der Waals surface area contributed by atoms with E-state index in [-0.39, 0.29) is 5.78 Å². The first kappa shape index (κ1) is 13.3. The Morgan fingerprint density at radius 2 is 2.00 bits per heavy atom.